The van der Waals surface area contributed by atoms with E-state index < -0.39 is 0 Å². The lowest BCUT2D eigenvalue weighted by Crippen LogP contribution is -2.46. The summed E-state index contributed by atoms with van der Waals surface area (Å²) < 4.78 is 7.29. The minimum Gasteiger partial charge on any atom is -0.496 e. The van der Waals surface area contributed by atoms with Crippen LogP contribution in [0, 0.1) is 11.8 Å². The molecule has 2 unspecified atom stereocenters. The van der Waals surface area contributed by atoms with Crippen LogP contribution in [0.25, 0.3) is 0 Å². The van der Waals surface area contributed by atoms with Crippen molar-refractivity contribution in [2.24, 2.45) is 11.8 Å². The molecular weight excluding hydrogens is 434 g/mol. The highest BCUT2D eigenvalue weighted by atomic mass is 16.5. The molecule has 0 radical (unpaired) electrons. The van der Waals surface area contributed by atoms with Crippen LogP contribution in [0.1, 0.15) is 39.8 Å². The standard InChI is InChI=1S/C23H31N5O4.2CH4/c1-16-10-24-21(29)14-27(15-22(30)25-11-17(2)23(16)31)12-18-5-6-20(32-3)19(9-18)13-28-8-4-7-26-28;;/h4-9,16-17H,10-15H2,1-3H3,(H,24,29)(H,25,30);2*1H4. The molecule has 1 saturated heterocycles. The van der Waals surface area contributed by atoms with Crippen LogP contribution in [0.3, 0.4) is 0 Å². The summed E-state index contributed by atoms with van der Waals surface area (Å²) in [6.45, 7) is 5.26. The van der Waals surface area contributed by atoms with Crippen molar-refractivity contribution in [3.8, 4) is 5.75 Å². The van der Waals surface area contributed by atoms with Crippen LogP contribution < -0.4 is 15.4 Å². The molecule has 0 spiro atoms. The number of aromatic nitrogens is 2. The number of benzene rings is 1. The molecule has 2 heterocycles. The molecule has 2 aromatic rings. The predicted octanol–water partition coefficient (Wildman–Crippen LogP) is 2.10. The Morgan fingerprint density at radius 2 is 1.62 bits per heavy atom. The van der Waals surface area contributed by atoms with E-state index in [4.69, 9.17) is 4.74 Å². The topological polar surface area (TPSA) is 106 Å². The molecule has 2 atom stereocenters. The van der Waals surface area contributed by atoms with E-state index in [1.165, 1.54) is 0 Å². The molecule has 1 fully saturated rings. The fraction of sp³-hybridized carbons (Fsp3) is 0.520. The zero-order valence-electron chi connectivity index (χ0n) is 18.8. The van der Waals surface area contributed by atoms with E-state index in [1.807, 2.05) is 35.1 Å². The van der Waals surface area contributed by atoms with Gasteiger partial charge in [0.15, 0.2) is 0 Å². The van der Waals surface area contributed by atoms with Crippen molar-refractivity contribution in [2.75, 3.05) is 33.3 Å². The maximum absolute atomic E-state index is 12.5. The molecule has 34 heavy (non-hydrogen) atoms. The number of carbonyl (C=O) groups excluding carboxylic acids is 3. The Morgan fingerprint density at radius 3 is 2.15 bits per heavy atom. The second-order valence-corrected chi connectivity index (χ2v) is 8.31. The summed E-state index contributed by atoms with van der Waals surface area (Å²) in [6.07, 6.45) is 3.60. The summed E-state index contributed by atoms with van der Waals surface area (Å²) in [5.41, 5.74) is 1.91. The minimum atomic E-state index is -0.301. The molecule has 0 saturated carbocycles. The highest BCUT2D eigenvalue weighted by molar-refractivity contribution is 5.86. The Bertz CT molecular complexity index is 915. The van der Waals surface area contributed by atoms with Gasteiger partial charge < -0.3 is 15.4 Å². The molecule has 2 N–H and O–H groups in total. The highest BCUT2D eigenvalue weighted by Gasteiger charge is 2.24. The fourth-order valence-corrected chi connectivity index (χ4v) is 3.79. The molecule has 1 aromatic heterocycles. The van der Waals surface area contributed by atoms with Crippen LogP contribution in [0.5, 0.6) is 5.75 Å². The van der Waals surface area contributed by atoms with Crippen LogP contribution in [-0.2, 0) is 27.5 Å². The zero-order chi connectivity index (χ0) is 23.1. The Hall–Kier alpha value is -3.20. The van der Waals surface area contributed by atoms with Crippen molar-refractivity contribution in [3.05, 3.63) is 47.8 Å². The molecule has 0 aliphatic carbocycles. The lowest BCUT2D eigenvalue weighted by atomic mass is 9.95. The van der Waals surface area contributed by atoms with E-state index in [9.17, 15) is 14.4 Å². The third-order valence-electron chi connectivity index (χ3n) is 5.56. The number of Topliss-reactive ketones (excluding diaryl/α,β-unsaturated/α-hetero) is 1. The average Bonchev–Trinajstić information content (AvgIpc) is 3.28. The first kappa shape index (κ1) is 28.8. The van der Waals surface area contributed by atoms with Crippen LogP contribution >= 0.6 is 0 Å². The van der Waals surface area contributed by atoms with Crippen molar-refractivity contribution in [1.82, 2.24) is 25.3 Å². The zero-order valence-corrected chi connectivity index (χ0v) is 18.8. The van der Waals surface area contributed by atoms with Crippen molar-refractivity contribution >= 4 is 17.6 Å². The van der Waals surface area contributed by atoms with Crippen molar-refractivity contribution in [3.63, 3.8) is 0 Å². The average molecular weight is 474 g/mol. The molecule has 0 bridgehead atoms. The summed E-state index contributed by atoms with van der Waals surface area (Å²) in [5.74, 6) is -0.241. The van der Waals surface area contributed by atoms with Gasteiger partial charge in [-0.3, -0.25) is 24.0 Å². The first-order valence-electron chi connectivity index (χ1n) is 10.8. The number of nitrogens with one attached hydrogen (secondary N) is 2. The number of nitrogens with zero attached hydrogens (tertiary/aromatic N) is 3. The molecule has 1 aromatic carbocycles. The Kier molecular flexibility index (Phi) is 11.4. The minimum absolute atomic E-state index is 0. The Labute approximate surface area is 202 Å². The van der Waals surface area contributed by atoms with Crippen LogP contribution in [0.2, 0.25) is 0 Å². The smallest absolute Gasteiger partial charge is 0.234 e. The van der Waals surface area contributed by atoms with Gasteiger partial charge in [0.2, 0.25) is 11.8 Å². The first-order valence-corrected chi connectivity index (χ1v) is 10.8. The highest BCUT2D eigenvalue weighted by Crippen LogP contribution is 2.22. The van der Waals surface area contributed by atoms with Gasteiger partial charge in [-0.2, -0.15) is 5.10 Å². The predicted molar refractivity (Wildman–Crippen MR) is 132 cm³/mol. The number of rotatable bonds is 5. The van der Waals surface area contributed by atoms with Gasteiger partial charge in [-0.1, -0.05) is 34.8 Å². The summed E-state index contributed by atoms with van der Waals surface area (Å²) >= 11 is 0. The normalized spacial score (nSPS) is 20.0. The number of ketones is 1. The van der Waals surface area contributed by atoms with Crippen LogP contribution in [0.15, 0.2) is 36.7 Å². The van der Waals surface area contributed by atoms with E-state index in [0.29, 0.717) is 26.2 Å². The van der Waals surface area contributed by atoms with Crippen molar-refractivity contribution < 1.29 is 19.1 Å². The fourth-order valence-electron chi connectivity index (χ4n) is 3.79. The summed E-state index contributed by atoms with van der Waals surface area (Å²) in [6, 6.07) is 7.69. The number of hydrogen-bond acceptors (Lipinski definition) is 6. The van der Waals surface area contributed by atoms with Gasteiger partial charge in [-0.15, -0.1) is 0 Å². The molecular formula is C25H39N5O4. The number of carbonyl (C=O) groups is 3. The van der Waals surface area contributed by atoms with E-state index in [-0.39, 0.29) is 57.4 Å². The van der Waals surface area contributed by atoms with Gasteiger partial charge >= 0.3 is 0 Å². The SMILES string of the molecule is C.C.COc1ccc(CN2CC(=O)NCC(C)C(=O)C(C)CNC(=O)C2)cc1Cn1cccn1. The van der Waals surface area contributed by atoms with Gasteiger partial charge in [0.25, 0.3) is 0 Å². The molecule has 9 nitrogen and oxygen atoms in total. The van der Waals surface area contributed by atoms with Crippen molar-refractivity contribution in [2.45, 2.75) is 41.8 Å². The van der Waals surface area contributed by atoms with Crippen molar-refractivity contribution in [1.29, 1.82) is 0 Å². The van der Waals surface area contributed by atoms with Crippen LogP contribution in [-0.4, -0.2) is 65.6 Å². The number of methoxy groups -OCH3 is 1. The molecule has 1 aliphatic rings. The lowest BCUT2D eigenvalue weighted by molar-refractivity contribution is -0.128. The lowest BCUT2D eigenvalue weighted by Gasteiger charge is -2.25. The summed E-state index contributed by atoms with van der Waals surface area (Å²) in [5, 5.41) is 9.90. The quantitative estimate of drug-likeness (QED) is 0.689. The molecule has 9 heteroatoms. The first-order chi connectivity index (χ1) is 15.4. The Morgan fingerprint density at radius 1 is 1.00 bits per heavy atom. The summed E-state index contributed by atoms with van der Waals surface area (Å²) in [4.78, 5) is 39.1. The van der Waals surface area contributed by atoms with E-state index >= 15 is 0 Å². The van der Waals surface area contributed by atoms with Gasteiger partial charge in [-0.25, -0.2) is 0 Å². The molecule has 188 valence electrons. The van der Waals surface area contributed by atoms with Crippen LogP contribution in [0.4, 0.5) is 0 Å². The number of amides is 2. The van der Waals surface area contributed by atoms with Gasteiger partial charge in [0.05, 0.1) is 26.7 Å². The van der Waals surface area contributed by atoms with Gasteiger partial charge in [0.1, 0.15) is 11.5 Å². The van der Waals surface area contributed by atoms with E-state index in [0.717, 1.165) is 16.9 Å². The maximum atomic E-state index is 12.5. The van der Waals surface area contributed by atoms with E-state index in [2.05, 4.69) is 15.7 Å². The maximum Gasteiger partial charge on any atom is 0.234 e. The Balaban J connectivity index is 0.00000289. The molecule has 2 amide bonds. The monoisotopic (exact) mass is 473 g/mol. The van der Waals surface area contributed by atoms with Gasteiger partial charge in [0, 0.05) is 49.4 Å². The third-order valence-corrected chi connectivity index (χ3v) is 5.56. The second-order valence-electron chi connectivity index (χ2n) is 8.31. The molecule has 1 aliphatic heterocycles. The third kappa shape index (κ3) is 7.98. The second kappa shape index (κ2) is 13.5. The number of ether oxygens (including phenoxy) is 1. The van der Waals surface area contributed by atoms with E-state index in [1.54, 1.807) is 32.1 Å². The summed E-state index contributed by atoms with van der Waals surface area (Å²) in [7, 11) is 1.62. The largest absolute Gasteiger partial charge is 0.496 e. The molecule has 3 rings (SSSR count). The number of hydrogen-bond donors (Lipinski definition) is 2. The van der Waals surface area contributed by atoms with Gasteiger partial charge in [-0.05, 0) is 23.8 Å².